The molecule has 0 saturated carbocycles. The van der Waals surface area contributed by atoms with Gasteiger partial charge < -0.3 is 4.74 Å². The zero-order valence-electron chi connectivity index (χ0n) is 10.2. The fourth-order valence-electron chi connectivity index (χ4n) is 1.50. The van der Waals surface area contributed by atoms with Crippen molar-refractivity contribution in [1.29, 1.82) is 0 Å². The van der Waals surface area contributed by atoms with Crippen molar-refractivity contribution in [3.63, 3.8) is 0 Å². The monoisotopic (exact) mass is 274 g/mol. The van der Waals surface area contributed by atoms with Crippen LogP contribution < -0.4 is 0 Å². The average Bonchev–Trinajstić information content (AvgIpc) is 2.33. The molecule has 1 atom stereocenters. The number of benzene rings is 1. The van der Waals surface area contributed by atoms with Gasteiger partial charge in [0.05, 0.1) is 10.0 Å². The third-order valence-corrected chi connectivity index (χ3v) is 3.96. The van der Waals surface area contributed by atoms with Gasteiger partial charge in [0.1, 0.15) is 5.60 Å². The van der Waals surface area contributed by atoms with Gasteiger partial charge in [0, 0.05) is 13.5 Å². The molecule has 0 N–H and O–H groups in total. The number of carbonyl (C=O) groups excluding carboxylic acids is 1. The van der Waals surface area contributed by atoms with E-state index in [1.807, 2.05) is 6.92 Å². The highest BCUT2D eigenvalue weighted by atomic mass is 35.5. The number of methoxy groups -OCH3 is 1. The summed E-state index contributed by atoms with van der Waals surface area (Å²) in [5, 5.41) is 0.907. The Morgan fingerprint density at radius 3 is 2.59 bits per heavy atom. The molecular weight excluding hydrogens is 259 g/mol. The van der Waals surface area contributed by atoms with Gasteiger partial charge in [-0.05, 0) is 25.0 Å². The summed E-state index contributed by atoms with van der Waals surface area (Å²) in [5.41, 5.74) is -0.0214. The smallest absolute Gasteiger partial charge is 0.168 e. The lowest BCUT2D eigenvalue weighted by atomic mass is 9.92. The Morgan fingerprint density at radius 1 is 1.41 bits per heavy atom. The van der Waals surface area contributed by atoms with E-state index in [1.165, 1.54) is 0 Å². The normalized spacial score (nSPS) is 14.4. The quantitative estimate of drug-likeness (QED) is 0.814. The molecule has 4 heteroatoms. The van der Waals surface area contributed by atoms with Gasteiger partial charge in [0.25, 0.3) is 0 Å². The van der Waals surface area contributed by atoms with Crippen molar-refractivity contribution in [1.82, 2.24) is 0 Å². The highest BCUT2D eigenvalue weighted by Gasteiger charge is 2.30. The highest BCUT2D eigenvalue weighted by molar-refractivity contribution is 6.42. The van der Waals surface area contributed by atoms with Gasteiger partial charge in [-0.3, -0.25) is 4.79 Å². The summed E-state index contributed by atoms with van der Waals surface area (Å²) in [6.07, 6.45) is 0.859. The zero-order chi connectivity index (χ0) is 13.1. The number of ether oxygens (including phenoxy) is 1. The minimum atomic E-state index is -0.758. The first-order chi connectivity index (χ1) is 7.94. The molecule has 1 aromatic carbocycles. The lowest BCUT2D eigenvalue weighted by Gasteiger charge is -2.25. The molecule has 0 spiro atoms. The summed E-state index contributed by atoms with van der Waals surface area (Å²) >= 11 is 12.0. The predicted octanol–water partition coefficient (Wildman–Crippen LogP) is 3.92. The van der Waals surface area contributed by atoms with E-state index in [-0.39, 0.29) is 12.2 Å². The van der Waals surface area contributed by atoms with E-state index in [4.69, 9.17) is 27.9 Å². The van der Waals surface area contributed by atoms with Crippen LogP contribution in [0.15, 0.2) is 18.2 Å². The number of ketones is 1. The van der Waals surface area contributed by atoms with Crippen molar-refractivity contribution < 1.29 is 9.53 Å². The Hall–Kier alpha value is -0.570. The van der Waals surface area contributed by atoms with Gasteiger partial charge in [0.15, 0.2) is 5.78 Å². The number of hydrogen-bond acceptors (Lipinski definition) is 2. The Bertz CT molecular complexity index is 412. The van der Waals surface area contributed by atoms with Crippen LogP contribution in [0.25, 0.3) is 0 Å². The molecule has 0 saturated heterocycles. The summed E-state index contributed by atoms with van der Waals surface area (Å²) in [6.45, 7) is 3.70. The van der Waals surface area contributed by atoms with Crippen molar-refractivity contribution in [2.45, 2.75) is 32.3 Å². The van der Waals surface area contributed by atoms with E-state index < -0.39 is 5.60 Å². The molecule has 0 bridgehead atoms. The van der Waals surface area contributed by atoms with Gasteiger partial charge in [-0.25, -0.2) is 0 Å². The van der Waals surface area contributed by atoms with Gasteiger partial charge in [-0.1, -0.05) is 42.3 Å². The van der Waals surface area contributed by atoms with Crippen LogP contribution in [0.5, 0.6) is 0 Å². The van der Waals surface area contributed by atoms with Crippen molar-refractivity contribution >= 4 is 29.0 Å². The second kappa shape index (κ2) is 5.85. The molecule has 94 valence electrons. The first-order valence-electron chi connectivity index (χ1n) is 5.46. The lowest BCUT2D eigenvalue weighted by molar-refractivity contribution is -0.138. The molecule has 0 fully saturated rings. The second-order valence-electron chi connectivity index (χ2n) is 4.10. The van der Waals surface area contributed by atoms with Crippen LogP contribution in [-0.2, 0) is 16.0 Å². The summed E-state index contributed by atoms with van der Waals surface area (Å²) in [6, 6.07) is 5.29. The molecule has 1 unspecified atom stereocenters. The number of hydrogen-bond donors (Lipinski definition) is 0. The van der Waals surface area contributed by atoms with Gasteiger partial charge >= 0.3 is 0 Å². The Balaban J connectivity index is 2.92. The number of carbonyl (C=O) groups is 1. The summed E-state index contributed by atoms with van der Waals surface area (Å²) in [7, 11) is 1.54. The fourth-order valence-corrected chi connectivity index (χ4v) is 1.89. The molecule has 0 heterocycles. The predicted molar refractivity (Wildman–Crippen MR) is 70.9 cm³/mol. The molecule has 2 nitrogen and oxygen atoms in total. The molecule has 17 heavy (non-hydrogen) atoms. The molecule has 0 aromatic heterocycles. The fraction of sp³-hybridized carbons (Fsp3) is 0.462. The summed E-state index contributed by atoms with van der Waals surface area (Å²) < 4.78 is 5.27. The number of Topliss-reactive ketones (excluding diaryl/α,β-unsaturated/α-hetero) is 1. The van der Waals surface area contributed by atoms with Crippen LogP contribution in [-0.4, -0.2) is 18.5 Å². The largest absolute Gasteiger partial charge is 0.371 e. The topological polar surface area (TPSA) is 26.3 Å². The van der Waals surface area contributed by atoms with E-state index in [0.29, 0.717) is 16.5 Å². The summed E-state index contributed by atoms with van der Waals surface area (Å²) in [5.74, 6) is 0.00617. The SMILES string of the molecule is CCC(C)(OC)C(=O)Cc1cccc(Cl)c1Cl. The average molecular weight is 275 g/mol. The van der Waals surface area contributed by atoms with Crippen LogP contribution >= 0.6 is 23.2 Å². The van der Waals surface area contributed by atoms with Gasteiger partial charge in [-0.15, -0.1) is 0 Å². The molecule has 1 aromatic rings. The van der Waals surface area contributed by atoms with Gasteiger partial charge in [-0.2, -0.15) is 0 Å². The maximum atomic E-state index is 12.1. The Morgan fingerprint density at radius 2 is 2.06 bits per heavy atom. The lowest BCUT2D eigenvalue weighted by Crippen LogP contribution is -2.37. The third-order valence-electron chi connectivity index (χ3n) is 3.10. The van der Waals surface area contributed by atoms with Crippen LogP contribution in [0.4, 0.5) is 0 Å². The molecular formula is C13H16Cl2O2. The molecule has 0 aliphatic heterocycles. The molecule has 0 amide bonds. The Kier molecular flexibility index (Phi) is 4.99. The number of rotatable bonds is 5. The third kappa shape index (κ3) is 3.21. The molecule has 0 radical (unpaired) electrons. The van der Waals surface area contributed by atoms with Crippen LogP contribution in [0.2, 0.25) is 10.0 Å². The van der Waals surface area contributed by atoms with Crippen molar-refractivity contribution in [3.8, 4) is 0 Å². The van der Waals surface area contributed by atoms with Crippen molar-refractivity contribution in [2.75, 3.05) is 7.11 Å². The van der Waals surface area contributed by atoms with E-state index in [2.05, 4.69) is 0 Å². The molecule has 1 rings (SSSR count). The van der Waals surface area contributed by atoms with Crippen molar-refractivity contribution in [3.05, 3.63) is 33.8 Å². The van der Waals surface area contributed by atoms with Crippen LogP contribution in [0.1, 0.15) is 25.8 Å². The first kappa shape index (κ1) is 14.5. The zero-order valence-corrected chi connectivity index (χ0v) is 11.7. The van der Waals surface area contributed by atoms with E-state index in [9.17, 15) is 4.79 Å². The van der Waals surface area contributed by atoms with E-state index in [1.54, 1.807) is 32.2 Å². The van der Waals surface area contributed by atoms with Crippen LogP contribution in [0.3, 0.4) is 0 Å². The molecule has 0 aliphatic carbocycles. The summed E-state index contributed by atoms with van der Waals surface area (Å²) in [4.78, 5) is 12.1. The maximum absolute atomic E-state index is 12.1. The first-order valence-corrected chi connectivity index (χ1v) is 6.21. The molecule has 0 aliphatic rings. The number of halogens is 2. The van der Waals surface area contributed by atoms with E-state index in [0.717, 1.165) is 5.56 Å². The second-order valence-corrected chi connectivity index (χ2v) is 4.89. The minimum Gasteiger partial charge on any atom is -0.371 e. The van der Waals surface area contributed by atoms with E-state index >= 15 is 0 Å². The van der Waals surface area contributed by atoms with Gasteiger partial charge in [0.2, 0.25) is 0 Å². The highest BCUT2D eigenvalue weighted by Crippen LogP contribution is 2.27. The minimum absolute atomic E-state index is 0.00617. The van der Waals surface area contributed by atoms with Crippen LogP contribution in [0, 0.1) is 0 Å². The maximum Gasteiger partial charge on any atom is 0.168 e. The standard InChI is InChI=1S/C13H16Cl2O2/c1-4-13(2,17-3)11(16)8-9-6-5-7-10(14)12(9)15/h5-7H,4,8H2,1-3H3. The van der Waals surface area contributed by atoms with Crippen molar-refractivity contribution in [2.24, 2.45) is 0 Å². The Labute approximate surface area is 112 Å².